The lowest BCUT2D eigenvalue weighted by Gasteiger charge is -2.14. The van der Waals surface area contributed by atoms with Crippen LogP contribution in [0, 0.1) is 5.92 Å². The topological polar surface area (TPSA) is 41.1 Å². The van der Waals surface area contributed by atoms with Gasteiger partial charge in [0.05, 0.1) is 17.4 Å². The molecule has 1 aliphatic rings. The monoisotopic (exact) mass is 304 g/mol. The maximum atomic E-state index is 12.3. The van der Waals surface area contributed by atoms with Crippen LogP contribution in [0.2, 0.25) is 0 Å². The number of carbonyl (C=O) groups excluding carboxylic acids is 1. The third-order valence-corrected chi connectivity index (χ3v) is 4.11. The fraction of sp³-hybridized carbons (Fsp3) is 0.462. The first kappa shape index (κ1) is 15.2. The summed E-state index contributed by atoms with van der Waals surface area (Å²) < 4.78 is 36.8. The van der Waals surface area contributed by atoms with Crippen molar-refractivity contribution in [2.75, 3.05) is 24.2 Å². The molecule has 1 amide bonds. The van der Waals surface area contributed by atoms with Crippen molar-refractivity contribution in [2.24, 2.45) is 5.92 Å². The molecule has 0 saturated carbocycles. The zero-order chi connectivity index (χ0) is 14.6. The van der Waals surface area contributed by atoms with E-state index in [1.807, 2.05) is 0 Å². The van der Waals surface area contributed by atoms with Gasteiger partial charge in [-0.25, -0.2) is 0 Å². The van der Waals surface area contributed by atoms with Gasteiger partial charge in [-0.1, -0.05) is 12.1 Å². The first-order valence-corrected chi connectivity index (χ1v) is 7.24. The molecule has 7 heteroatoms. The van der Waals surface area contributed by atoms with Gasteiger partial charge in [0.25, 0.3) is 0 Å². The lowest BCUT2D eigenvalue weighted by molar-refractivity contribution is -0.119. The molecule has 1 unspecified atom stereocenters. The largest absolute Gasteiger partial charge is 0.398 e. The van der Waals surface area contributed by atoms with Gasteiger partial charge in [-0.15, -0.1) is 11.8 Å². The number of rotatable bonds is 4. The van der Waals surface area contributed by atoms with Crippen molar-refractivity contribution in [1.82, 2.24) is 5.32 Å². The van der Waals surface area contributed by atoms with Crippen molar-refractivity contribution in [1.29, 1.82) is 0 Å². The summed E-state index contributed by atoms with van der Waals surface area (Å²) in [4.78, 5) is 12.4. The number of hydrogen-bond donors (Lipinski definition) is 2. The normalized spacial score (nSPS) is 19.1. The Morgan fingerprint density at radius 1 is 1.40 bits per heavy atom. The van der Waals surface area contributed by atoms with Crippen LogP contribution in [0.1, 0.15) is 6.42 Å². The van der Waals surface area contributed by atoms with Gasteiger partial charge in [-0.3, -0.25) is 4.79 Å². The standard InChI is InChI=1S/C13H15F3N2OS/c14-13(15,16)8-20-11-4-2-1-3-10(11)18-12(19)9-5-6-17-7-9/h1-4,9,17H,5-8H2,(H,18,19). The molecule has 1 aromatic carbocycles. The number of hydrogen-bond acceptors (Lipinski definition) is 3. The average molecular weight is 304 g/mol. The fourth-order valence-corrected chi connectivity index (χ4v) is 2.74. The highest BCUT2D eigenvalue weighted by Gasteiger charge is 2.28. The minimum atomic E-state index is -4.23. The Hall–Kier alpha value is -1.21. The first-order valence-electron chi connectivity index (χ1n) is 6.26. The molecule has 1 aliphatic heterocycles. The highest BCUT2D eigenvalue weighted by atomic mass is 32.2. The molecule has 0 bridgehead atoms. The summed E-state index contributed by atoms with van der Waals surface area (Å²) in [6, 6.07) is 6.56. The van der Waals surface area contributed by atoms with Crippen molar-refractivity contribution >= 4 is 23.4 Å². The number of amides is 1. The molecule has 2 rings (SSSR count). The molecule has 1 aromatic rings. The number of benzene rings is 1. The van der Waals surface area contributed by atoms with E-state index in [0.717, 1.165) is 13.0 Å². The minimum Gasteiger partial charge on any atom is -0.325 e. The van der Waals surface area contributed by atoms with Crippen LogP contribution in [0.4, 0.5) is 18.9 Å². The maximum absolute atomic E-state index is 12.3. The van der Waals surface area contributed by atoms with E-state index in [0.29, 0.717) is 28.9 Å². The second-order valence-electron chi connectivity index (χ2n) is 4.58. The van der Waals surface area contributed by atoms with Crippen LogP contribution >= 0.6 is 11.8 Å². The molecule has 1 fully saturated rings. The molecule has 0 spiro atoms. The summed E-state index contributed by atoms with van der Waals surface area (Å²) in [6.45, 7) is 1.41. The molecular weight excluding hydrogens is 289 g/mol. The molecule has 0 radical (unpaired) electrons. The van der Waals surface area contributed by atoms with Gasteiger partial charge in [0, 0.05) is 11.4 Å². The summed E-state index contributed by atoms with van der Waals surface area (Å²) >= 11 is 0.683. The predicted molar refractivity (Wildman–Crippen MR) is 72.8 cm³/mol. The maximum Gasteiger partial charge on any atom is 0.398 e. The van der Waals surface area contributed by atoms with Gasteiger partial charge >= 0.3 is 6.18 Å². The first-order chi connectivity index (χ1) is 9.46. The quantitative estimate of drug-likeness (QED) is 0.841. The Kier molecular flexibility index (Phi) is 4.93. The third-order valence-electron chi connectivity index (χ3n) is 2.97. The molecule has 1 atom stereocenters. The molecule has 1 heterocycles. The van der Waals surface area contributed by atoms with E-state index in [-0.39, 0.29) is 11.8 Å². The van der Waals surface area contributed by atoms with Crippen LogP contribution in [0.25, 0.3) is 0 Å². The second kappa shape index (κ2) is 6.49. The molecule has 110 valence electrons. The highest BCUT2D eigenvalue weighted by molar-refractivity contribution is 7.99. The van der Waals surface area contributed by atoms with Gasteiger partial charge in [-0.05, 0) is 25.1 Å². The Morgan fingerprint density at radius 2 is 2.15 bits per heavy atom. The summed E-state index contributed by atoms with van der Waals surface area (Å²) in [5.74, 6) is -1.23. The van der Waals surface area contributed by atoms with E-state index in [4.69, 9.17) is 0 Å². The molecule has 20 heavy (non-hydrogen) atoms. The zero-order valence-electron chi connectivity index (χ0n) is 10.7. The van der Waals surface area contributed by atoms with E-state index in [9.17, 15) is 18.0 Å². The summed E-state index contributed by atoms with van der Waals surface area (Å²) in [7, 11) is 0. The molecule has 0 aromatic heterocycles. The van der Waals surface area contributed by atoms with Crippen molar-refractivity contribution in [3.05, 3.63) is 24.3 Å². The molecule has 1 saturated heterocycles. The Balaban J connectivity index is 2.01. The van der Waals surface area contributed by atoms with E-state index >= 15 is 0 Å². The van der Waals surface area contributed by atoms with Gasteiger partial charge in [0.1, 0.15) is 0 Å². The number of carbonyl (C=O) groups is 1. The summed E-state index contributed by atoms with van der Waals surface area (Å²) in [5, 5.41) is 5.81. The SMILES string of the molecule is O=C(Nc1ccccc1SCC(F)(F)F)C1CCNC1. The molecule has 2 N–H and O–H groups in total. The van der Waals surface area contributed by atoms with Crippen LogP contribution in [-0.2, 0) is 4.79 Å². The van der Waals surface area contributed by atoms with E-state index in [1.54, 1.807) is 24.3 Å². The van der Waals surface area contributed by atoms with Gasteiger partial charge in [0.2, 0.25) is 5.91 Å². The van der Waals surface area contributed by atoms with Crippen LogP contribution < -0.4 is 10.6 Å². The lowest BCUT2D eigenvalue weighted by atomic mass is 10.1. The fourth-order valence-electron chi connectivity index (χ4n) is 1.97. The molecular formula is C13H15F3N2OS. The number of halogens is 3. The third kappa shape index (κ3) is 4.42. The van der Waals surface area contributed by atoms with Crippen molar-refractivity contribution in [3.8, 4) is 0 Å². The number of anilines is 1. The van der Waals surface area contributed by atoms with E-state index < -0.39 is 11.9 Å². The lowest BCUT2D eigenvalue weighted by Crippen LogP contribution is -2.24. The Bertz CT molecular complexity index is 473. The highest BCUT2D eigenvalue weighted by Crippen LogP contribution is 2.32. The van der Waals surface area contributed by atoms with E-state index in [1.165, 1.54) is 0 Å². The van der Waals surface area contributed by atoms with Crippen LogP contribution in [-0.4, -0.2) is 30.9 Å². The van der Waals surface area contributed by atoms with Crippen molar-refractivity contribution in [3.63, 3.8) is 0 Å². The zero-order valence-corrected chi connectivity index (χ0v) is 11.5. The summed E-state index contributed by atoms with van der Waals surface area (Å²) in [5.41, 5.74) is 0.443. The van der Waals surface area contributed by atoms with Gasteiger partial charge in [0.15, 0.2) is 0 Å². The van der Waals surface area contributed by atoms with E-state index in [2.05, 4.69) is 10.6 Å². The molecule has 3 nitrogen and oxygen atoms in total. The Labute approximate surface area is 119 Å². The van der Waals surface area contributed by atoms with Crippen molar-refractivity contribution < 1.29 is 18.0 Å². The van der Waals surface area contributed by atoms with Crippen LogP contribution in [0.15, 0.2) is 29.2 Å². The Morgan fingerprint density at radius 3 is 2.80 bits per heavy atom. The van der Waals surface area contributed by atoms with Gasteiger partial charge in [-0.2, -0.15) is 13.2 Å². The number of nitrogens with one attached hydrogen (secondary N) is 2. The second-order valence-corrected chi connectivity index (χ2v) is 5.60. The van der Waals surface area contributed by atoms with Crippen molar-refractivity contribution in [2.45, 2.75) is 17.5 Å². The number of para-hydroxylation sites is 1. The predicted octanol–water partition coefficient (Wildman–Crippen LogP) is 2.89. The van der Waals surface area contributed by atoms with Gasteiger partial charge < -0.3 is 10.6 Å². The average Bonchev–Trinajstić information content (AvgIpc) is 2.90. The summed E-state index contributed by atoms with van der Waals surface area (Å²) in [6.07, 6.45) is -3.47. The van der Waals surface area contributed by atoms with Crippen LogP contribution in [0.5, 0.6) is 0 Å². The minimum absolute atomic E-state index is 0.115. The molecule has 0 aliphatic carbocycles. The van der Waals surface area contributed by atoms with Crippen LogP contribution in [0.3, 0.4) is 0 Å². The smallest absolute Gasteiger partial charge is 0.325 e. The number of thioether (sulfide) groups is 1. The number of alkyl halides is 3.